The fraction of sp³-hybridized carbons (Fsp3) is 0.400. The minimum atomic E-state index is -0.00940. The molecule has 0 amide bonds. The van der Waals surface area contributed by atoms with Crippen LogP contribution in [-0.4, -0.2) is 21.0 Å². The molecule has 1 aromatic heterocycles. The summed E-state index contributed by atoms with van der Waals surface area (Å²) in [5, 5.41) is 11.7. The summed E-state index contributed by atoms with van der Waals surface area (Å²) in [6.45, 7) is 1.56. The number of rotatable bonds is 5. The molecule has 1 rings (SSSR count). The van der Waals surface area contributed by atoms with Gasteiger partial charge in [-0.15, -0.1) is 11.3 Å². The van der Waals surface area contributed by atoms with Crippen molar-refractivity contribution in [2.24, 2.45) is 0 Å². The maximum absolute atomic E-state index is 10.6. The van der Waals surface area contributed by atoms with Crippen molar-refractivity contribution in [1.82, 2.24) is 4.98 Å². The molecule has 5 heteroatoms. The molecular formula is C10H13NO2S2. The highest BCUT2D eigenvalue weighted by Crippen LogP contribution is 2.12. The van der Waals surface area contributed by atoms with E-state index in [1.165, 1.54) is 23.1 Å². The molecule has 0 atom stereocenters. The number of hydrogen-bond acceptors (Lipinski definition) is 5. The molecule has 0 aromatic carbocycles. The number of thiazole rings is 1. The van der Waals surface area contributed by atoms with Gasteiger partial charge in [0.15, 0.2) is 5.12 Å². The van der Waals surface area contributed by atoms with Crippen LogP contribution in [0.25, 0.3) is 6.08 Å². The quantitative estimate of drug-likeness (QED) is 0.806. The van der Waals surface area contributed by atoms with Gasteiger partial charge in [0.25, 0.3) is 0 Å². The van der Waals surface area contributed by atoms with Gasteiger partial charge < -0.3 is 5.11 Å². The molecule has 3 nitrogen and oxygen atoms in total. The summed E-state index contributed by atoms with van der Waals surface area (Å²) in [7, 11) is 0. The molecule has 0 radical (unpaired) electrons. The first kappa shape index (κ1) is 12.4. The van der Waals surface area contributed by atoms with E-state index in [9.17, 15) is 4.79 Å². The number of aliphatic hydroxyl groups excluding tert-OH is 1. The second kappa shape index (κ2) is 6.76. The number of carbonyl (C=O) groups is 1. The Balaban J connectivity index is 2.28. The Kier molecular flexibility index (Phi) is 5.60. The molecule has 1 N–H and O–H groups in total. The van der Waals surface area contributed by atoms with E-state index in [0.717, 1.165) is 17.2 Å². The molecule has 0 fully saturated rings. The fourth-order valence-electron chi connectivity index (χ4n) is 0.927. The van der Waals surface area contributed by atoms with Gasteiger partial charge in [0.05, 0.1) is 12.3 Å². The average molecular weight is 243 g/mol. The monoisotopic (exact) mass is 243 g/mol. The van der Waals surface area contributed by atoms with E-state index in [1.807, 2.05) is 17.5 Å². The zero-order valence-electron chi connectivity index (χ0n) is 8.47. The molecule has 0 aliphatic heterocycles. The number of hydrogen-bond donors (Lipinski definition) is 1. The topological polar surface area (TPSA) is 50.2 Å². The van der Waals surface area contributed by atoms with Crippen LogP contribution >= 0.6 is 23.1 Å². The van der Waals surface area contributed by atoms with Gasteiger partial charge in [-0.3, -0.25) is 4.79 Å². The van der Waals surface area contributed by atoms with E-state index < -0.39 is 0 Å². The lowest BCUT2D eigenvalue weighted by Crippen LogP contribution is -1.84. The first-order valence-electron chi connectivity index (χ1n) is 4.57. The Labute approximate surface area is 97.2 Å². The molecule has 15 heavy (non-hydrogen) atoms. The minimum absolute atomic E-state index is 0.00940. The largest absolute Gasteiger partial charge is 0.390 e. The molecule has 1 aromatic rings. The van der Waals surface area contributed by atoms with Crippen LogP contribution in [0, 0.1) is 0 Å². The van der Waals surface area contributed by atoms with Crippen LogP contribution in [0.3, 0.4) is 0 Å². The Bertz CT molecular complexity index is 347. The highest BCUT2D eigenvalue weighted by Gasteiger charge is 1.96. The Hall–Kier alpha value is -0.650. The lowest BCUT2D eigenvalue weighted by molar-refractivity contribution is -0.109. The molecular weight excluding hydrogens is 230 g/mol. The molecule has 0 aliphatic rings. The van der Waals surface area contributed by atoms with E-state index in [2.05, 4.69) is 4.98 Å². The summed E-state index contributed by atoms with van der Waals surface area (Å²) in [5.74, 6) is 0.810. The van der Waals surface area contributed by atoms with Crippen molar-refractivity contribution in [3.05, 3.63) is 22.2 Å². The number of aromatic nitrogens is 1. The number of nitrogens with zero attached hydrogens (tertiary/aromatic N) is 1. The molecule has 0 unspecified atom stereocenters. The van der Waals surface area contributed by atoms with E-state index >= 15 is 0 Å². The predicted molar refractivity (Wildman–Crippen MR) is 64.8 cm³/mol. The van der Waals surface area contributed by atoms with Crippen molar-refractivity contribution >= 4 is 34.3 Å². The number of carbonyl (C=O) groups excluding carboxylic acids is 1. The molecule has 0 saturated carbocycles. The summed E-state index contributed by atoms with van der Waals surface area (Å²) >= 11 is 2.84. The van der Waals surface area contributed by atoms with E-state index in [0.29, 0.717) is 5.69 Å². The van der Waals surface area contributed by atoms with Crippen LogP contribution in [0.1, 0.15) is 24.0 Å². The summed E-state index contributed by atoms with van der Waals surface area (Å²) in [6, 6.07) is 0. The highest BCUT2D eigenvalue weighted by molar-refractivity contribution is 8.13. The predicted octanol–water partition coefficient (Wildman–Crippen LogP) is 2.32. The molecule has 0 aliphatic carbocycles. The van der Waals surface area contributed by atoms with E-state index in [1.54, 1.807) is 6.92 Å². The van der Waals surface area contributed by atoms with Gasteiger partial charge >= 0.3 is 0 Å². The first-order valence-corrected chi connectivity index (χ1v) is 6.44. The zero-order chi connectivity index (χ0) is 11.1. The number of thioether (sulfide) groups is 1. The van der Waals surface area contributed by atoms with Gasteiger partial charge in [-0.1, -0.05) is 17.8 Å². The van der Waals surface area contributed by atoms with Crippen LogP contribution in [-0.2, 0) is 11.4 Å². The van der Waals surface area contributed by atoms with Crippen molar-refractivity contribution in [2.45, 2.75) is 20.0 Å². The van der Waals surface area contributed by atoms with Crippen molar-refractivity contribution in [1.29, 1.82) is 0 Å². The fourth-order valence-corrected chi connectivity index (χ4v) is 2.20. The second-order valence-electron chi connectivity index (χ2n) is 2.87. The third-order valence-corrected chi connectivity index (χ3v) is 3.29. The van der Waals surface area contributed by atoms with E-state index in [-0.39, 0.29) is 11.7 Å². The maximum Gasteiger partial charge on any atom is 0.185 e. The van der Waals surface area contributed by atoms with Crippen LogP contribution in [0.5, 0.6) is 0 Å². The van der Waals surface area contributed by atoms with E-state index in [4.69, 9.17) is 5.11 Å². The Morgan fingerprint density at radius 2 is 2.53 bits per heavy atom. The second-order valence-corrected chi connectivity index (χ2v) is 5.03. The van der Waals surface area contributed by atoms with Crippen molar-refractivity contribution < 1.29 is 9.90 Å². The molecule has 1 heterocycles. The summed E-state index contributed by atoms with van der Waals surface area (Å²) in [4.78, 5) is 14.8. The van der Waals surface area contributed by atoms with Gasteiger partial charge in [0, 0.05) is 18.1 Å². The summed E-state index contributed by atoms with van der Waals surface area (Å²) in [5.41, 5.74) is 0.706. The Morgan fingerprint density at radius 1 is 1.73 bits per heavy atom. The number of allylic oxidation sites excluding steroid dienone is 1. The zero-order valence-corrected chi connectivity index (χ0v) is 10.1. The molecule has 0 bridgehead atoms. The molecule has 82 valence electrons. The smallest absolute Gasteiger partial charge is 0.185 e. The van der Waals surface area contributed by atoms with Crippen molar-refractivity contribution in [3.8, 4) is 0 Å². The molecule has 0 spiro atoms. The van der Waals surface area contributed by atoms with Crippen LogP contribution < -0.4 is 0 Å². The maximum atomic E-state index is 10.6. The van der Waals surface area contributed by atoms with Crippen molar-refractivity contribution in [3.63, 3.8) is 0 Å². The average Bonchev–Trinajstić information content (AvgIpc) is 2.65. The van der Waals surface area contributed by atoms with Crippen molar-refractivity contribution in [2.75, 3.05) is 5.75 Å². The summed E-state index contributed by atoms with van der Waals surface area (Å²) < 4.78 is 0. The lowest BCUT2D eigenvalue weighted by atomic mass is 10.4. The van der Waals surface area contributed by atoms with Gasteiger partial charge in [-0.2, -0.15) is 0 Å². The van der Waals surface area contributed by atoms with Crippen LogP contribution in [0.4, 0.5) is 0 Å². The van der Waals surface area contributed by atoms with Crippen LogP contribution in [0.2, 0.25) is 0 Å². The first-order chi connectivity index (χ1) is 7.22. The lowest BCUT2D eigenvalue weighted by Gasteiger charge is -1.90. The minimum Gasteiger partial charge on any atom is -0.390 e. The third-order valence-electron chi connectivity index (χ3n) is 1.58. The van der Waals surface area contributed by atoms with Gasteiger partial charge in [-0.25, -0.2) is 4.98 Å². The Morgan fingerprint density at radius 3 is 3.13 bits per heavy atom. The highest BCUT2D eigenvalue weighted by atomic mass is 32.2. The molecule has 0 saturated heterocycles. The summed E-state index contributed by atoms with van der Waals surface area (Å²) in [6.07, 6.45) is 4.78. The van der Waals surface area contributed by atoms with Crippen LogP contribution in [0.15, 0.2) is 11.5 Å². The third kappa shape index (κ3) is 5.11. The SMILES string of the molecule is CC(=O)SCCC=Cc1nc(CO)cs1. The van der Waals surface area contributed by atoms with Gasteiger partial charge in [0.2, 0.25) is 0 Å². The van der Waals surface area contributed by atoms with Gasteiger partial charge in [-0.05, 0) is 12.5 Å². The van der Waals surface area contributed by atoms with Gasteiger partial charge in [0.1, 0.15) is 5.01 Å². The standard InChI is InChI=1S/C10H13NO2S2/c1-8(13)14-5-3-2-4-10-11-9(6-12)7-15-10/h2,4,7,12H,3,5-6H2,1H3. The number of aliphatic hydroxyl groups is 1. The normalized spacial score (nSPS) is 11.1.